The van der Waals surface area contributed by atoms with Crippen LogP contribution in [0.4, 0.5) is 0 Å². The van der Waals surface area contributed by atoms with E-state index in [1.807, 2.05) is 12.1 Å². The summed E-state index contributed by atoms with van der Waals surface area (Å²) in [6.07, 6.45) is 4.73. The third kappa shape index (κ3) is 4.29. The van der Waals surface area contributed by atoms with Crippen molar-refractivity contribution in [1.82, 2.24) is 20.3 Å². The SMILES string of the molecule is COc1ccccc1Oc1ccc(C(=O)NCc2ncccn2)nc1. The van der Waals surface area contributed by atoms with Crippen molar-refractivity contribution in [2.24, 2.45) is 0 Å². The van der Waals surface area contributed by atoms with E-state index < -0.39 is 0 Å². The summed E-state index contributed by atoms with van der Waals surface area (Å²) in [5.74, 6) is 1.92. The molecule has 1 amide bonds. The van der Waals surface area contributed by atoms with Crippen LogP contribution in [-0.4, -0.2) is 28.0 Å². The molecule has 1 aromatic carbocycles. The van der Waals surface area contributed by atoms with Gasteiger partial charge in [-0.1, -0.05) is 12.1 Å². The summed E-state index contributed by atoms with van der Waals surface area (Å²) in [6.45, 7) is 0.237. The van der Waals surface area contributed by atoms with Crippen molar-refractivity contribution < 1.29 is 14.3 Å². The van der Waals surface area contributed by atoms with E-state index in [4.69, 9.17) is 9.47 Å². The molecule has 0 radical (unpaired) electrons. The average molecular weight is 336 g/mol. The van der Waals surface area contributed by atoms with Crippen molar-refractivity contribution in [1.29, 1.82) is 0 Å². The summed E-state index contributed by atoms with van der Waals surface area (Å²) in [5.41, 5.74) is 0.281. The molecule has 0 unspecified atom stereocenters. The van der Waals surface area contributed by atoms with Crippen LogP contribution in [0, 0.1) is 0 Å². The van der Waals surface area contributed by atoms with Crippen molar-refractivity contribution in [3.05, 3.63) is 72.6 Å². The van der Waals surface area contributed by atoms with Gasteiger partial charge in [0.1, 0.15) is 17.3 Å². The maximum atomic E-state index is 12.1. The molecule has 3 aromatic rings. The van der Waals surface area contributed by atoms with Crippen molar-refractivity contribution in [3.63, 3.8) is 0 Å². The molecule has 7 nitrogen and oxygen atoms in total. The molecule has 2 heterocycles. The van der Waals surface area contributed by atoms with Gasteiger partial charge >= 0.3 is 0 Å². The summed E-state index contributed by atoms with van der Waals surface area (Å²) in [5, 5.41) is 2.72. The molecule has 7 heteroatoms. The van der Waals surface area contributed by atoms with Crippen molar-refractivity contribution >= 4 is 5.91 Å². The number of ether oxygens (including phenoxy) is 2. The molecule has 0 saturated carbocycles. The minimum atomic E-state index is -0.309. The lowest BCUT2D eigenvalue weighted by molar-refractivity contribution is 0.0945. The van der Waals surface area contributed by atoms with E-state index in [0.717, 1.165) is 0 Å². The van der Waals surface area contributed by atoms with E-state index in [1.54, 1.807) is 49.8 Å². The number of rotatable bonds is 6. The van der Waals surface area contributed by atoms with E-state index in [9.17, 15) is 4.79 Å². The Morgan fingerprint density at radius 2 is 1.76 bits per heavy atom. The number of amides is 1. The van der Waals surface area contributed by atoms with Crippen LogP contribution in [0.5, 0.6) is 17.2 Å². The number of pyridine rings is 1. The summed E-state index contributed by atoms with van der Waals surface area (Å²) < 4.78 is 11.0. The van der Waals surface area contributed by atoms with E-state index >= 15 is 0 Å². The van der Waals surface area contributed by atoms with Crippen LogP contribution in [0.1, 0.15) is 16.3 Å². The fourth-order valence-electron chi connectivity index (χ4n) is 2.08. The van der Waals surface area contributed by atoms with Crippen LogP contribution in [0.3, 0.4) is 0 Å². The van der Waals surface area contributed by atoms with Gasteiger partial charge in [0.2, 0.25) is 0 Å². The number of aromatic nitrogens is 3. The van der Waals surface area contributed by atoms with Crippen LogP contribution in [-0.2, 0) is 6.54 Å². The third-order valence-corrected chi connectivity index (χ3v) is 3.29. The molecule has 2 aromatic heterocycles. The summed E-state index contributed by atoms with van der Waals surface area (Å²) >= 11 is 0. The Bertz CT molecular complexity index is 838. The summed E-state index contributed by atoms with van der Waals surface area (Å²) in [4.78, 5) is 24.3. The normalized spacial score (nSPS) is 10.1. The maximum Gasteiger partial charge on any atom is 0.270 e. The van der Waals surface area contributed by atoms with E-state index in [1.165, 1.54) is 6.20 Å². The number of benzene rings is 1. The highest BCUT2D eigenvalue weighted by Gasteiger charge is 2.09. The first-order chi connectivity index (χ1) is 12.3. The van der Waals surface area contributed by atoms with Gasteiger partial charge in [-0.25, -0.2) is 15.0 Å². The highest BCUT2D eigenvalue weighted by molar-refractivity contribution is 5.92. The van der Waals surface area contributed by atoms with Gasteiger partial charge in [-0.2, -0.15) is 0 Å². The zero-order valence-corrected chi connectivity index (χ0v) is 13.5. The van der Waals surface area contributed by atoms with Crippen molar-refractivity contribution in [2.45, 2.75) is 6.54 Å². The highest BCUT2D eigenvalue weighted by Crippen LogP contribution is 2.30. The van der Waals surface area contributed by atoms with Crippen LogP contribution in [0.25, 0.3) is 0 Å². The standard InChI is InChI=1S/C18H16N4O3/c1-24-15-5-2-3-6-16(15)25-13-7-8-14(21-11-13)18(23)22-12-17-19-9-4-10-20-17/h2-11H,12H2,1H3,(H,22,23). The molecule has 0 aliphatic rings. The first-order valence-electron chi connectivity index (χ1n) is 7.57. The topological polar surface area (TPSA) is 86.2 Å². The number of carbonyl (C=O) groups is 1. The predicted molar refractivity (Wildman–Crippen MR) is 90.5 cm³/mol. The molecule has 0 spiro atoms. The Hall–Kier alpha value is -3.48. The molecular weight excluding hydrogens is 320 g/mol. The first kappa shape index (κ1) is 16.4. The van der Waals surface area contributed by atoms with E-state index in [-0.39, 0.29) is 18.1 Å². The number of nitrogens with zero attached hydrogens (tertiary/aromatic N) is 3. The van der Waals surface area contributed by atoms with E-state index in [2.05, 4.69) is 20.3 Å². The fourth-order valence-corrected chi connectivity index (χ4v) is 2.08. The van der Waals surface area contributed by atoms with E-state index in [0.29, 0.717) is 23.1 Å². The number of methoxy groups -OCH3 is 1. The number of carbonyl (C=O) groups excluding carboxylic acids is 1. The molecule has 0 fully saturated rings. The summed E-state index contributed by atoms with van der Waals surface area (Å²) in [7, 11) is 1.57. The minimum Gasteiger partial charge on any atom is -0.493 e. The first-order valence-corrected chi connectivity index (χ1v) is 7.57. The lowest BCUT2D eigenvalue weighted by atomic mass is 10.3. The Kier molecular flexibility index (Phi) is 5.16. The molecule has 0 aliphatic heterocycles. The molecule has 0 aliphatic carbocycles. The van der Waals surface area contributed by atoms with Crippen LogP contribution in [0.15, 0.2) is 61.1 Å². The molecular formula is C18H16N4O3. The molecule has 25 heavy (non-hydrogen) atoms. The zero-order chi connectivity index (χ0) is 17.5. The minimum absolute atomic E-state index is 0.237. The van der Waals surface area contributed by atoms with Crippen molar-refractivity contribution in [2.75, 3.05) is 7.11 Å². The molecule has 0 bridgehead atoms. The third-order valence-electron chi connectivity index (χ3n) is 3.29. The molecule has 0 atom stereocenters. The van der Waals surface area contributed by atoms with Gasteiger partial charge in [0, 0.05) is 12.4 Å². The van der Waals surface area contributed by atoms with Gasteiger partial charge in [-0.15, -0.1) is 0 Å². The van der Waals surface area contributed by atoms with Crippen LogP contribution in [0.2, 0.25) is 0 Å². The number of nitrogens with one attached hydrogen (secondary N) is 1. The number of hydrogen-bond donors (Lipinski definition) is 1. The van der Waals surface area contributed by atoms with Gasteiger partial charge in [-0.3, -0.25) is 4.79 Å². The average Bonchev–Trinajstić information content (AvgIpc) is 2.68. The molecule has 3 rings (SSSR count). The second-order valence-corrected chi connectivity index (χ2v) is 4.98. The number of hydrogen-bond acceptors (Lipinski definition) is 6. The lowest BCUT2D eigenvalue weighted by Gasteiger charge is -2.10. The van der Waals surface area contributed by atoms with Crippen LogP contribution >= 0.6 is 0 Å². The maximum absolute atomic E-state index is 12.1. The molecule has 126 valence electrons. The smallest absolute Gasteiger partial charge is 0.270 e. The van der Waals surface area contributed by atoms with Crippen molar-refractivity contribution in [3.8, 4) is 17.2 Å². The zero-order valence-electron chi connectivity index (χ0n) is 13.5. The van der Waals surface area contributed by atoms with Crippen LogP contribution < -0.4 is 14.8 Å². The van der Waals surface area contributed by atoms with Gasteiger partial charge in [0.15, 0.2) is 11.5 Å². The second-order valence-electron chi connectivity index (χ2n) is 4.98. The van der Waals surface area contributed by atoms with Gasteiger partial charge < -0.3 is 14.8 Å². The molecule has 1 N–H and O–H groups in total. The number of para-hydroxylation sites is 2. The Labute approximate surface area is 144 Å². The van der Waals surface area contributed by atoms with Gasteiger partial charge in [-0.05, 0) is 30.3 Å². The highest BCUT2D eigenvalue weighted by atomic mass is 16.5. The Morgan fingerprint density at radius 1 is 1.00 bits per heavy atom. The van der Waals surface area contributed by atoms with Gasteiger partial charge in [0.05, 0.1) is 19.9 Å². The predicted octanol–water partition coefficient (Wildman–Crippen LogP) is 2.60. The summed E-state index contributed by atoms with van der Waals surface area (Å²) in [6, 6.07) is 12.3. The fraction of sp³-hybridized carbons (Fsp3) is 0.111. The Morgan fingerprint density at radius 3 is 2.44 bits per heavy atom. The molecule has 0 saturated heterocycles. The Balaban J connectivity index is 1.62. The lowest BCUT2D eigenvalue weighted by Crippen LogP contribution is -2.24. The van der Waals surface area contributed by atoms with Gasteiger partial charge in [0.25, 0.3) is 5.91 Å². The largest absolute Gasteiger partial charge is 0.493 e. The quantitative estimate of drug-likeness (QED) is 0.744. The second kappa shape index (κ2) is 7.87. The monoisotopic (exact) mass is 336 g/mol.